The Balaban J connectivity index is 2.50. The molecule has 0 bridgehead atoms. The maximum atomic E-state index is 5.25. The van der Waals surface area contributed by atoms with Gasteiger partial charge in [0.25, 0.3) is 0 Å². The smallest absolute Gasteiger partial charge is 0.115 e. The highest BCUT2D eigenvalue weighted by molar-refractivity contribution is 5.78. The predicted octanol–water partition coefficient (Wildman–Crippen LogP) is -0.146. The van der Waals surface area contributed by atoms with E-state index >= 15 is 0 Å². The molecular weight excluding hydrogens is 140 g/mol. The number of aromatic nitrogens is 2. The highest BCUT2D eigenvalue weighted by atomic mass is 14.8. The van der Waals surface area contributed by atoms with E-state index in [1.165, 1.54) is 6.33 Å². The van der Waals surface area contributed by atoms with Crippen LogP contribution in [0.3, 0.4) is 0 Å². The van der Waals surface area contributed by atoms with Gasteiger partial charge in [-0.1, -0.05) is 0 Å². The van der Waals surface area contributed by atoms with Crippen LogP contribution in [0, 0.1) is 0 Å². The zero-order valence-corrected chi connectivity index (χ0v) is 6.14. The summed E-state index contributed by atoms with van der Waals surface area (Å²) < 4.78 is 0. The fourth-order valence-electron chi connectivity index (χ4n) is 0.622. The molecule has 11 heavy (non-hydrogen) atoms. The lowest BCUT2D eigenvalue weighted by atomic mass is 10.4. The van der Waals surface area contributed by atoms with Gasteiger partial charge in [0.2, 0.25) is 0 Å². The molecule has 2 N–H and O–H groups in total. The summed E-state index contributed by atoms with van der Waals surface area (Å²) in [4.78, 5) is 11.7. The summed E-state index contributed by atoms with van der Waals surface area (Å²) in [7, 11) is 0. The lowest BCUT2D eigenvalue weighted by molar-refractivity contribution is 0.980. The summed E-state index contributed by atoms with van der Waals surface area (Å²) in [6, 6.07) is 0. The van der Waals surface area contributed by atoms with Gasteiger partial charge in [-0.3, -0.25) is 4.99 Å². The number of nitrogens with two attached hydrogens (primary N) is 1. The summed E-state index contributed by atoms with van der Waals surface area (Å²) in [5.41, 5.74) is 6.15. The molecule has 4 nitrogen and oxygen atoms in total. The van der Waals surface area contributed by atoms with Crippen molar-refractivity contribution in [2.45, 2.75) is 0 Å². The Bertz CT molecular complexity index is 219. The van der Waals surface area contributed by atoms with Crippen LogP contribution in [0.2, 0.25) is 0 Å². The molecule has 0 aliphatic heterocycles. The molecule has 1 heterocycles. The van der Waals surface area contributed by atoms with Gasteiger partial charge in [0.1, 0.15) is 6.33 Å². The van der Waals surface area contributed by atoms with Gasteiger partial charge >= 0.3 is 0 Å². The van der Waals surface area contributed by atoms with Crippen molar-refractivity contribution in [2.24, 2.45) is 10.7 Å². The van der Waals surface area contributed by atoms with Gasteiger partial charge in [-0.25, -0.2) is 9.97 Å². The molecule has 0 saturated carbocycles. The standard InChI is InChI=1S/C7H10N4/c8-1-2-9-3-7-4-10-6-11-5-7/h3-6H,1-2,8H2. The average molecular weight is 150 g/mol. The first-order valence-electron chi connectivity index (χ1n) is 3.38. The van der Waals surface area contributed by atoms with Crippen LogP contribution in [0.1, 0.15) is 5.56 Å². The normalized spacial score (nSPS) is 10.6. The third kappa shape index (κ3) is 2.86. The molecule has 0 radical (unpaired) electrons. The van der Waals surface area contributed by atoms with Crippen LogP contribution in [0.5, 0.6) is 0 Å². The minimum absolute atomic E-state index is 0.574. The van der Waals surface area contributed by atoms with Crippen molar-refractivity contribution in [1.82, 2.24) is 9.97 Å². The van der Waals surface area contributed by atoms with E-state index in [0.29, 0.717) is 13.1 Å². The summed E-state index contributed by atoms with van der Waals surface area (Å²) in [5, 5.41) is 0. The predicted molar refractivity (Wildman–Crippen MR) is 43.5 cm³/mol. The molecule has 58 valence electrons. The van der Waals surface area contributed by atoms with Crippen molar-refractivity contribution in [3.8, 4) is 0 Å². The van der Waals surface area contributed by atoms with Crippen LogP contribution in [0.15, 0.2) is 23.7 Å². The van der Waals surface area contributed by atoms with Crippen LogP contribution in [-0.2, 0) is 0 Å². The second kappa shape index (κ2) is 4.51. The van der Waals surface area contributed by atoms with Gasteiger partial charge in [0.15, 0.2) is 0 Å². The first-order chi connectivity index (χ1) is 5.43. The van der Waals surface area contributed by atoms with Crippen LogP contribution in [0.4, 0.5) is 0 Å². The summed E-state index contributed by atoms with van der Waals surface area (Å²) >= 11 is 0. The fourth-order valence-corrected chi connectivity index (χ4v) is 0.622. The Morgan fingerprint density at radius 1 is 1.45 bits per heavy atom. The molecule has 1 aromatic heterocycles. The maximum absolute atomic E-state index is 5.25. The van der Waals surface area contributed by atoms with Crippen molar-refractivity contribution in [3.05, 3.63) is 24.3 Å². The van der Waals surface area contributed by atoms with E-state index in [-0.39, 0.29) is 0 Å². The van der Waals surface area contributed by atoms with Gasteiger partial charge in [0.05, 0.1) is 6.54 Å². The Morgan fingerprint density at radius 2 is 2.18 bits per heavy atom. The molecule has 0 unspecified atom stereocenters. The Hall–Kier alpha value is -1.29. The van der Waals surface area contributed by atoms with Crippen molar-refractivity contribution in [2.75, 3.05) is 13.1 Å². The van der Waals surface area contributed by atoms with Gasteiger partial charge in [0, 0.05) is 30.7 Å². The zero-order chi connectivity index (χ0) is 7.94. The summed E-state index contributed by atoms with van der Waals surface area (Å²) in [5.74, 6) is 0. The third-order valence-corrected chi connectivity index (χ3v) is 1.08. The van der Waals surface area contributed by atoms with Crippen molar-refractivity contribution < 1.29 is 0 Å². The van der Waals surface area contributed by atoms with Crippen LogP contribution < -0.4 is 5.73 Å². The topological polar surface area (TPSA) is 64.2 Å². The van der Waals surface area contributed by atoms with E-state index in [1.54, 1.807) is 18.6 Å². The fraction of sp³-hybridized carbons (Fsp3) is 0.286. The second-order valence-electron chi connectivity index (χ2n) is 2.00. The second-order valence-corrected chi connectivity index (χ2v) is 2.00. The SMILES string of the molecule is NCCN=Cc1cncnc1. The minimum atomic E-state index is 0.574. The van der Waals surface area contributed by atoms with Gasteiger partial charge in [-0.15, -0.1) is 0 Å². The van der Waals surface area contributed by atoms with E-state index in [4.69, 9.17) is 5.73 Å². The quantitative estimate of drug-likeness (QED) is 0.609. The monoisotopic (exact) mass is 150 g/mol. The minimum Gasteiger partial charge on any atom is -0.329 e. The Kier molecular flexibility index (Phi) is 3.21. The molecule has 4 heteroatoms. The lowest BCUT2D eigenvalue weighted by Gasteiger charge is -1.88. The molecule has 0 aromatic carbocycles. The molecule has 0 aliphatic rings. The number of rotatable bonds is 3. The molecule has 0 atom stereocenters. The molecule has 1 rings (SSSR count). The Morgan fingerprint density at radius 3 is 2.82 bits per heavy atom. The summed E-state index contributed by atoms with van der Waals surface area (Å²) in [6.45, 7) is 1.22. The highest BCUT2D eigenvalue weighted by Crippen LogP contribution is 1.86. The number of aliphatic imine (C=N–C) groups is 1. The van der Waals surface area contributed by atoms with Gasteiger partial charge < -0.3 is 5.73 Å². The molecule has 0 saturated heterocycles. The van der Waals surface area contributed by atoms with Gasteiger partial charge in [-0.2, -0.15) is 0 Å². The van der Waals surface area contributed by atoms with E-state index in [0.717, 1.165) is 5.56 Å². The van der Waals surface area contributed by atoms with E-state index in [9.17, 15) is 0 Å². The average Bonchev–Trinajstić information content (AvgIpc) is 2.07. The summed E-state index contributed by atoms with van der Waals surface area (Å²) in [6.07, 6.45) is 6.60. The lowest BCUT2D eigenvalue weighted by Crippen LogP contribution is -2.02. The molecule has 0 aliphatic carbocycles. The molecular formula is C7H10N4. The largest absolute Gasteiger partial charge is 0.329 e. The van der Waals surface area contributed by atoms with Crippen molar-refractivity contribution in [1.29, 1.82) is 0 Å². The molecule has 1 aromatic rings. The zero-order valence-electron chi connectivity index (χ0n) is 6.14. The Labute approximate surface area is 65.2 Å². The molecule has 0 amide bonds. The van der Waals surface area contributed by atoms with Crippen molar-refractivity contribution in [3.63, 3.8) is 0 Å². The molecule has 0 fully saturated rings. The highest BCUT2D eigenvalue weighted by Gasteiger charge is 1.83. The van der Waals surface area contributed by atoms with E-state index < -0.39 is 0 Å². The van der Waals surface area contributed by atoms with Gasteiger partial charge in [-0.05, 0) is 0 Å². The number of nitrogens with zero attached hydrogens (tertiary/aromatic N) is 3. The first kappa shape index (κ1) is 7.81. The van der Waals surface area contributed by atoms with E-state index in [2.05, 4.69) is 15.0 Å². The van der Waals surface area contributed by atoms with Crippen molar-refractivity contribution >= 4 is 6.21 Å². The van der Waals surface area contributed by atoms with Crippen LogP contribution in [0.25, 0.3) is 0 Å². The maximum Gasteiger partial charge on any atom is 0.115 e. The van der Waals surface area contributed by atoms with Crippen LogP contribution in [-0.4, -0.2) is 29.3 Å². The van der Waals surface area contributed by atoms with E-state index in [1.807, 2.05) is 0 Å². The first-order valence-corrected chi connectivity index (χ1v) is 3.38. The number of hydrogen-bond acceptors (Lipinski definition) is 4. The number of hydrogen-bond donors (Lipinski definition) is 1. The van der Waals surface area contributed by atoms with Crippen LogP contribution >= 0.6 is 0 Å². The third-order valence-electron chi connectivity index (χ3n) is 1.08. The molecule has 0 spiro atoms.